The summed E-state index contributed by atoms with van der Waals surface area (Å²) in [7, 11) is 0. The standard InChI is InChI=1S/C31H29F2N5O4/c32-16-25(17-33)42-24-9-10-28-26(15-24)30(40)36(31(41)38(28)23-11-13-35(20-39)14-12-23)18-21-5-7-22(8-6-21)37-19-34-27-3-1-2-4-29(27)37/h1-10,15,19-20,23,25H,11-14,16-18H2. The molecule has 9 nitrogen and oxygen atoms in total. The minimum absolute atomic E-state index is 0.0222. The zero-order valence-electron chi connectivity index (χ0n) is 22.7. The summed E-state index contributed by atoms with van der Waals surface area (Å²) in [6, 6.07) is 19.6. The molecule has 0 bridgehead atoms. The van der Waals surface area contributed by atoms with Crippen LogP contribution in [0.1, 0.15) is 24.4 Å². The molecule has 1 aliphatic rings. The van der Waals surface area contributed by atoms with Crippen molar-refractivity contribution in [3.8, 4) is 11.4 Å². The number of halogens is 2. The van der Waals surface area contributed by atoms with Crippen molar-refractivity contribution in [2.75, 3.05) is 26.4 Å². The maximum atomic E-state index is 13.9. The number of hydrogen-bond donors (Lipinski definition) is 0. The molecule has 0 spiro atoms. The molecule has 0 N–H and O–H groups in total. The van der Waals surface area contributed by atoms with Gasteiger partial charge in [-0.3, -0.25) is 23.3 Å². The molecule has 0 radical (unpaired) electrons. The lowest BCUT2D eigenvalue weighted by atomic mass is 10.0. The number of likely N-dealkylation sites (tertiary alicyclic amines) is 1. The number of rotatable bonds is 9. The van der Waals surface area contributed by atoms with Gasteiger partial charge in [0.25, 0.3) is 5.56 Å². The zero-order valence-corrected chi connectivity index (χ0v) is 22.7. The van der Waals surface area contributed by atoms with Crippen LogP contribution in [0.2, 0.25) is 0 Å². The van der Waals surface area contributed by atoms with Crippen molar-refractivity contribution in [2.24, 2.45) is 0 Å². The molecule has 0 atom stereocenters. The largest absolute Gasteiger partial charge is 0.485 e. The summed E-state index contributed by atoms with van der Waals surface area (Å²) >= 11 is 0. The van der Waals surface area contributed by atoms with Gasteiger partial charge in [0.15, 0.2) is 6.10 Å². The number of carbonyl (C=O) groups is 1. The van der Waals surface area contributed by atoms with E-state index < -0.39 is 30.7 Å². The monoisotopic (exact) mass is 573 g/mol. The van der Waals surface area contributed by atoms with Crippen molar-refractivity contribution < 1.29 is 18.3 Å². The van der Waals surface area contributed by atoms with Crippen LogP contribution >= 0.6 is 0 Å². The number of fused-ring (bicyclic) bond motifs is 2. The molecule has 11 heteroatoms. The van der Waals surface area contributed by atoms with Crippen LogP contribution in [0.25, 0.3) is 27.6 Å². The number of ether oxygens (including phenoxy) is 1. The fourth-order valence-electron chi connectivity index (χ4n) is 5.58. The number of nitrogens with zero attached hydrogens (tertiary/aromatic N) is 5. The van der Waals surface area contributed by atoms with Gasteiger partial charge in [-0.25, -0.2) is 18.6 Å². The maximum Gasteiger partial charge on any atom is 0.332 e. The van der Waals surface area contributed by atoms with Gasteiger partial charge in [0.1, 0.15) is 25.4 Å². The van der Waals surface area contributed by atoms with E-state index in [1.54, 1.807) is 21.9 Å². The molecule has 3 aromatic carbocycles. The summed E-state index contributed by atoms with van der Waals surface area (Å²) < 4.78 is 36.5. The van der Waals surface area contributed by atoms with Gasteiger partial charge in [0.2, 0.25) is 6.41 Å². The first kappa shape index (κ1) is 27.4. The summed E-state index contributed by atoms with van der Waals surface area (Å²) in [5.41, 5.74) is 2.89. The highest BCUT2D eigenvalue weighted by Gasteiger charge is 2.25. The number of alkyl halides is 2. The number of carbonyl (C=O) groups excluding carboxylic acids is 1. The predicted octanol–water partition coefficient (Wildman–Crippen LogP) is 4.03. The lowest BCUT2D eigenvalue weighted by Crippen LogP contribution is -2.44. The Bertz CT molecular complexity index is 1850. The molecule has 1 amide bonds. The fourth-order valence-corrected chi connectivity index (χ4v) is 5.58. The van der Waals surface area contributed by atoms with Crippen LogP contribution in [0, 0.1) is 0 Å². The van der Waals surface area contributed by atoms with Gasteiger partial charge in [-0.05, 0) is 60.9 Å². The molecule has 3 heterocycles. The molecule has 5 aromatic rings. The number of amides is 1. The van der Waals surface area contributed by atoms with Crippen molar-refractivity contribution in [1.29, 1.82) is 0 Å². The van der Waals surface area contributed by atoms with Crippen LogP contribution in [0.5, 0.6) is 5.75 Å². The third-order valence-electron chi connectivity index (χ3n) is 7.81. The van der Waals surface area contributed by atoms with E-state index in [0.717, 1.165) is 28.7 Å². The van der Waals surface area contributed by atoms with Crippen LogP contribution in [0.3, 0.4) is 0 Å². The van der Waals surface area contributed by atoms with Crippen molar-refractivity contribution in [2.45, 2.75) is 31.5 Å². The molecule has 1 fully saturated rings. The van der Waals surface area contributed by atoms with E-state index in [1.165, 1.54) is 16.7 Å². The normalized spacial score (nSPS) is 14.2. The average Bonchev–Trinajstić information content (AvgIpc) is 3.47. The summed E-state index contributed by atoms with van der Waals surface area (Å²) in [5.74, 6) is 0.143. The smallest absolute Gasteiger partial charge is 0.332 e. The molecule has 0 saturated carbocycles. The molecule has 1 saturated heterocycles. The van der Waals surface area contributed by atoms with Crippen molar-refractivity contribution in [3.05, 3.63) is 99.5 Å². The Morgan fingerprint density at radius 3 is 2.40 bits per heavy atom. The molecular weight excluding hydrogens is 544 g/mol. The summed E-state index contributed by atoms with van der Waals surface area (Å²) in [5, 5.41) is 0.211. The van der Waals surface area contributed by atoms with Crippen molar-refractivity contribution >= 4 is 28.3 Å². The van der Waals surface area contributed by atoms with E-state index in [0.29, 0.717) is 31.4 Å². The van der Waals surface area contributed by atoms with E-state index in [1.807, 2.05) is 53.1 Å². The van der Waals surface area contributed by atoms with Gasteiger partial charge in [-0.2, -0.15) is 0 Å². The first-order valence-electron chi connectivity index (χ1n) is 13.8. The van der Waals surface area contributed by atoms with E-state index in [4.69, 9.17) is 4.74 Å². The SMILES string of the molecule is O=CN1CCC(n2c(=O)n(Cc3ccc(-n4cnc5ccccc54)cc3)c(=O)c3cc(OC(CF)CF)ccc32)CC1. The Balaban J connectivity index is 1.40. The molecule has 6 rings (SSSR count). The molecule has 1 aliphatic heterocycles. The second kappa shape index (κ2) is 11.6. The first-order valence-corrected chi connectivity index (χ1v) is 13.8. The third kappa shape index (κ3) is 5.06. The summed E-state index contributed by atoms with van der Waals surface area (Å²) in [6.07, 6.45) is 2.35. The van der Waals surface area contributed by atoms with Gasteiger partial charge < -0.3 is 9.64 Å². The van der Waals surface area contributed by atoms with E-state index in [-0.39, 0.29) is 23.7 Å². The van der Waals surface area contributed by atoms with Gasteiger partial charge in [-0.1, -0.05) is 24.3 Å². The zero-order chi connectivity index (χ0) is 29.2. The van der Waals surface area contributed by atoms with Gasteiger partial charge in [0.05, 0.1) is 28.5 Å². The van der Waals surface area contributed by atoms with Crippen LogP contribution < -0.4 is 16.0 Å². The number of aromatic nitrogens is 4. The second-order valence-corrected chi connectivity index (χ2v) is 10.4. The lowest BCUT2D eigenvalue weighted by Gasteiger charge is -2.31. The Labute approximate surface area is 239 Å². The van der Waals surface area contributed by atoms with Crippen molar-refractivity contribution in [3.63, 3.8) is 0 Å². The topological polar surface area (TPSA) is 91.4 Å². The lowest BCUT2D eigenvalue weighted by molar-refractivity contribution is -0.119. The molecule has 42 heavy (non-hydrogen) atoms. The number of benzene rings is 3. The van der Waals surface area contributed by atoms with Gasteiger partial charge in [-0.15, -0.1) is 0 Å². The molecule has 0 unspecified atom stereocenters. The highest BCUT2D eigenvalue weighted by molar-refractivity contribution is 5.80. The Morgan fingerprint density at radius 2 is 1.69 bits per heavy atom. The first-order chi connectivity index (χ1) is 20.5. The highest BCUT2D eigenvalue weighted by Crippen LogP contribution is 2.26. The van der Waals surface area contributed by atoms with Crippen LogP contribution in [0.15, 0.2) is 82.6 Å². The third-order valence-corrected chi connectivity index (χ3v) is 7.81. The van der Waals surface area contributed by atoms with Crippen LogP contribution in [-0.4, -0.2) is 62.5 Å². The number of piperidine rings is 1. The molecule has 2 aromatic heterocycles. The fraction of sp³-hybridized carbons (Fsp3) is 0.290. The highest BCUT2D eigenvalue weighted by atomic mass is 19.1. The maximum absolute atomic E-state index is 13.9. The molecule has 216 valence electrons. The average molecular weight is 574 g/mol. The molecular formula is C31H29F2N5O4. The molecule has 0 aliphatic carbocycles. The van der Waals surface area contributed by atoms with E-state index in [9.17, 15) is 23.2 Å². The Morgan fingerprint density at radius 1 is 0.952 bits per heavy atom. The van der Waals surface area contributed by atoms with Crippen LogP contribution in [0.4, 0.5) is 8.78 Å². The second-order valence-electron chi connectivity index (χ2n) is 10.4. The van der Waals surface area contributed by atoms with E-state index in [2.05, 4.69) is 4.98 Å². The van der Waals surface area contributed by atoms with Gasteiger partial charge in [0, 0.05) is 24.8 Å². The van der Waals surface area contributed by atoms with Gasteiger partial charge >= 0.3 is 5.69 Å². The number of para-hydroxylation sites is 2. The Hall–Kier alpha value is -4.80. The quantitative estimate of drug-likeness (QED) is 0.249. The summed E-state index contributed by atoms with van der Waals surface area (Å²) in [6.45, 7) is -1.03. The predicted molar refractivity (Wildman–Crippen MR) is 155 cm³/mol. The van der Waals surface area contributed by atoms with Crippen molar-refractivity contribution in [1.82, 2.24) is 23.6 Å². The summed E-state index contributed by atoms with van der Waals surface area (Å²) in [4.78, 5) is 45.0. The minimum atomic E-state index is -1.28. The number of imidazole rings is 1. The van der Waals surface area contributed by atoms with E-state index >= 15 is 0 Å². The Kier molecular flexibility index (Phi) is 7.56. The minimum Gasteiger partial charge on any atom is -0.485 e. The van der Waals surface area contributed by atoms with Crippen LogP contribution in [-0.2, 0) is 11.3 Å². The number of hydrogen-bond acceptors (Lipinski definition) is 5.